The van der Waals surface area contributed by atoms with Crippen LogP contribution in [0.2, 0.25) is 0 Å². The van der Waals surface area contributed by atoms with Crippen LogP contribution in [0.25, 0.3) is 0 Å². The third-order valence-electron chi connectivity index (χ3n) is 3.04. The molecule has 1 aromatic heterocycles. The Morgan fingerprint density at radius 1 is 1.40 bits per heavy atom. The molecule has 0 fully saturated rings. The highest BCUT2D eigenvalue weighted by Crippen LogP contribution is 2.14. The van der Waals surface area contributed by atoms with Gasteiger partial charge in [-0.2, -0.15) is 5.10 Å². The molecule has 0 unspecified atom stereocenters. The molecule has 0 aliphatic rings. The summed E-state index contributed by atoms with van der Waals surface area (Å²) >= 11 is 0. The molecule has 1 N–H and O–H groups in total. The molecule has 5 heteroatoms. The number of nitrogens with zero attached hydrogens (tertiary/aromatic N) is 2. The summed E-state index contributed by atoms with van der Waals surface area (Å²) < 4.78 is 6.66. The van der Waals surface area contributed by atoms with E-state index in [4.69, 9.17) is 4.74 Å². The number of ether oxygens (including phenoxy) is 1. The number of rotatable bonds is 5. The van der Waals surface area contributed by atoms with Crippen molar-refractivity contribution >= 4 is 11.7 Å². The summed E-state index contributed by atoms with van der Waals surface area (Å²) in [6.45, 7) is 4.70. The Kier molecular flexibility index (Phi) is 4.40. The van der Waals surface area contributed by atoms with Crippen LogP contribution in [0.15, 0.2) is 36.7 Å². The molecule has 0 bridgehead atoms. The summed E-state index contributed by atoms with van der Waals surface area (Å²) in [4.78, 5) is 11.7. The Morgan fingerprint density at radius 3 is 2.80 bits per heavy atom. The lowest BCUT2D eigenvalue weighted by Crippen LogP contribution is -2.08. The number of methoxy groups -OCH3 is 1. The Bertz CT molecular complexity index is 590. The van der Waals surface area contributed by atoms with E-state index in [0.717, 1.165) is 11.3 Å². The number of esters is 1. The van der Waals surface area contributed by atoms with Crippen molar-refractivity contribution in [1.29, 1.82) is 0 Å². The number of aromatic nitrogens is 2. The number of anilines is 1. The Labute approximate surface area is 118 Å². The average Bonchev–Trinajstić information content (AvgIpc) is 2.93. The van der Waals surface area contributed by atoms with Crippen LogP contribution in [0.4, 0.5) is 5.69 Å². The summed E-state index contributed by atoms with van der Waals surface area (Å²) in [6.07, 6.45) is 3.73. The van der Waals surface area contributed by atoms with Gasteiger partial charge >= 0.3 is 5.97 Å². The number of hydrogen-bond acceptors (Lipinski definition) is 4. The second-order valence-corrected chi connectivity index (χ2v) is 4.81. The fourth-order valence-electron chi connectivity index (χ4n) is 1.89. The maximum absolute atomic E-state index is 11.7. The number of benzene rings is 1. The minimum atomic E-state index is -0.319. The van der Waals surface area contributed by atoms with E-state index in [1.165, 1.54) is 7.11 Å². The maximum Gasteiger partial charge on any atom is 0.338 e. The number of carbonyl (C=O) groups excluding carboxylic acids is 1. The smallest absolute Gasteiger partial charge is 0.338 e. The Hall–Kier alpha value is -2.30. The van der Waals surface area contributed by atoms with Crippen molar-refractivity contribution in [3.05, 3.63) is 47.8 Å². The molecule has 0 aliphatic carbocycles. The van der Waals surface area contributed by atoms with Gasteiger partial charge in [0.1, 0.15) is 0 Å². The topological polar surface area (TPSA) is 56.1 Å². The fraction of sp³-hybridized carbons (Fsp3) is 0.333. The van der Waals surface area contributed by atoms with Gasteiger partial charge < -0.3 is 10.1 Å². The minimum Gasteiger partial charge on any atom is -0.465 e. The molecule has 0 aliphatic heterocycles. The van der Waals surface area contributed by atoms with Crippen LogP contribution in [0, 0.1) is 0 Å². The van der Waals surface area contributed by atoms with E-state index in [0.29, 0.717) is 18.2 Å². The van der Waals surface area contributed by atoms with Gasteiger partial charge in [0.2, 0.25) is 0 Å². The molecule has 20 heavy (non-hydrogen) atoms. The fourth-order valence-corrected chi connectivity index (χ4v) is 1.89. The highest BCUT2D eigenvalue weighted by molar-refractivity contribution is 5.91. The molecule has 2 aromatic rings. The normalized spacial score (nSPS) is 10.6. The molecule has 106 valence electrons. The average molecular weight is 273 g/mol. The third kappa shape index (κ3) is 3.17. The predicted molar refractivity (Wildman–Crippen MR) is 77.7 cm³/mol. The van der Waals surface area contributed by atoms with E-state index in [-0.39, 0.29) is 5.97 Å². The molecule has 5 nitrogen and oxygen atoms in total. The van der Waals surface area contributed by atoms with Crippen molar-refractivity contribution in [2.24, 2.45) is 0 Å². The second-order valence-electron chi connectivity index (χ2n) is 4.81. The van der Waals surface area contributed by atoms with Crippen LogP contribution in [-0.4, -0.2) is 22.9 Å². The summed E-state index contributed by atoms with van der Waals surface area (Å²) in [5, 5.41) is 7.53. The second kappa shape index (κ2) is 6.23. The van der Waals surface area contributed by atoms with Crippen LogP contribution < -0.4 is 5.32 Å². The van der Waals surface area contributed by atoms with Crippen LogP contribution in [0.3, 0.4) is 0 Å². The standard InChI is InChI=1S/C15H19N3O2/c1-11(2)18-10-13(9-17-18)16-8-12-6-4-5-7-14(12)15(19)20-3/h4-7,9-11,16H,8H2,1-3H3. The van der Waals surface area contributed by atoms with Crippen molar-refractivity contribution in [2.75, 3.05) is 12.4 Å². The first-order chi connectivity index (χ1) is 9.61. The van der Waals surface area contributed by atoms with E-state index in [9.17, 15) is 4.79 Å². The van der Waals surface area contributed by atoms with Gasteiger partial charge in [-0.3, -0.25) is 4.68 Å². The Morgan fingerprint density at radius 2 is 2.15 bits per heavy atom. The molecule has 0 amide bonds. The van der Waals surface area contributed by atoms with Crippen molar-refractivity contribution in [3.63, 3.8) is 0 Å². The van der Waals surface area contributed by atoms with Crippen molar-refractivity contribution in [1.82, 2.24) is 9.78 Å². The first kappa shape index (κ1) is 14.1. The summed E-state index contributed by atoms with van der Waals surface area (Å²) in [5.74, 6) is -0.319. The van der Waals surface area contributed by atoms with Crippen LogP contribution in [0.5, 0.6) is 0 Å². The van der Waals surface area contributed by atoms with Crippen molar-refractivity contribution in [2.45, 2.75) is 26.4 Å². The first-order valence-corrected chi connectivity index (χ1v) is 6.56. The molecule has 0 saturated heterocycles. The monoisotopic (exact) mass is 273 g/mol. The predicted octanol–water partition coefficient (Wildman–Crippen LogP) is 2.86. The largest absolute Gasteiger partial charge is 0.465 e. The lowest BCUT2D eigenvalue weighted by atomic mass is 10.1. The molecule has 1 heterocycles. The zero-order valence-electron chi connectivity index (χ0n) is 12.0. The lowest BCUT2D eigenvalue weighted by molar-refractivity contribution is 0.0599. The van der Waals surface area contributed by atoms with E-state index < -0.39 is 0 Å². The molecule has 0 spiro atoms. The zero-order chi connectivity index (χ0) is 14.5. The van der Waals surface area contributed by atoms with E-state index >= 15 is 0 Å². The maximum atomic E-state index is 11.7. The van der Waals surface area contributed by atoms with Gasteiger partial charge in [0.05, 0.1) is 24.6 Å². The number of hydrogen-bond donors (Lipinski definition) is 1. The van der Waals surface area contributed by atoms with Gasteiger partial charge in [0.25, 0.3) is 0 Å². The minimum absolute atomic E-state index is 0.319. The first-order valence-electron chi connectivity index (χ1n) is 6.56. The highest BCUT2D eigenvalue weighted by Gasteiger charge is 2.10. The van der Waals surface area contributed by atoms with Crippen molar-refractivity contribution < 1.29 is 9.53 Å². The van der Waals surface area contributed by atoms with Crippen LogP contribution in [0.1, 0.15) is 35.8 Å². The third-order valence-corrected chi connectivity index (χ3v) is 3.04. The van der Waals surface area contributed by atoms with E-state index in [1.807, 2.05) is 29.1 Å². The van der Waals surface area contributed by atoms with Gasteiger partial charge in [-0.05, 0) is 25.5 Å². The van der Waals surface area contributed by atoms with Crippen LogP contribution >= 0.6 is 0 Å². The molecule has 0 atom stereocenters. The zero-order valence-corrected chi connectivity index (χ0v) is 12.0. The van der Waals surface area contributed by atoms with Crippen molar-refractivity contribution in [3.8, 4) is 0 Å². The summed E-state index contributed by atoms with van der Waals surface area (Å²) in [5.41, 5.74) is 2.41. The van der Waals surface area contributed by atoms with Crippen LogP contribution in [-0.2, 0) is 11.3 Å². The number of nitrogens with one attached hydrogen (secondary N) is 1. The Balaban J connectivity index is 2.08. The molecular formula is C15H19N3O2. The number of carbonyl (C=O) groups is 1. The molecule has 2 rings (SSSR count). The molecule has 1 aromatic carbocycles. The summed E-state index contributed by atoms with van der Waals surface area (Å²) in [7, 11) is 1.39. The quantitative estimate of drug-likeness (QED) is 0.851. The van der Waals surface area contributed by atoms with Gasteiger partial charge in [-0.15, -0.1) is 0 Å². The molecule has 0 saturated carbocycles. The molecule has 0 radical (unpaired) electrons. The van der Waals surface area contributed by atoms with Gasteiger partial charge in [0.15, 0.2) is 0 Å². The van der Waals surface area contributed by atoms with Gasteiger partial charge in [0, 0.05) is 18.8 Å². The van der Waals surface area contributed by atoms with E-state index in [1.54, 1.807) is 12.3 Å². The van der Waals surface area contributed by atoms with Gasteiger partial charge in [-0.1, -0.05) is 18.2 Å². The SMILES string of the molecule is COC(=O)c1ccccc1CNc1cnn(C(C)C)c1. The molecular weight excluding hydrogens is 254 g/mol. The van der Waals surface area contributed by atoms with E-state index in [2.05, 4.69) is 24.3 Å². The van der Waals surface area contributed by atoms with Gasteiger partial charge in [-0.25, -0.2) is 4.79 Å². The summed E-state index contributed by atoms with van der Waals surface area (Å²) in [6, 6.07) is 7.73. The lowest BCUT2D eigenvalue weighted by Gasteiger charge is -2.09. The highest BCUT2D eigenvalue weighted by atomic mass is 16.5.